The molecular formula is C19H22ClF2N5O8P2. The van der Waals surface area contributed by atoms with Gasteiger partial charge < -0.3 is 34.4 Å². The maximum absolute atomic E-state index is 15.0. The average Bonchev–Trinajstić information content (AvgIpc) is 3.32. The molecule has 13 nitrogen and oxygen atoms in total. The lowest BCUT2D eigenvalue weighted by Crippen LogP contribution is -2.31. The minimum absolute atomic E-state index is 0.0459. The third-order valence-corrected chi connectivity index (χ3v) is 9.11. The molecule has 1 saturated heterocycles. The summed E-state index contributed by atoms with van der Waals surface area (Å²) in [4.78, 5) is 35.6. The van der Waals surface area contributed by atoms with Gasteiger partial charge in [-0.1, -0.05) is 12.1 Å². The third kappa shape index (κ3) is 6.51. The van der Waals surface area contributed by atoms with Gasteiger partial charge in [0.2, 0.25) is 5.28 Å². The Labute approximate surface area is 213 Å². The maximum Gasteiger partial charge on any atom is 0.340 e. The Kier molecular flexibility index (Phi) is 8.01. The summed E-state index contributed by atoms with van der Waals surface area (Å²) < 4.78 is 62.3. The molecule has 1 aliphatic rings. The number of nitrogens with zero attached hydrogens (tertiary/aromatic N) is 4. The van der Waals surface area contributed by atoms with Crippen molar-refractivity contribution in [2.24, 2.45) is 0 Å². The zero-order chi connectivity index (χ0) is 27.1. The van der Waals surface area contributed by atoms with E-state index in [1.54, 1.807) is 19.1 Å². The van der Waals surface area contributed by atoms with Crippen molar-refractivity contribution < 1.29 is 47.0 Å². The van der Waals surface area contributed by atoms with Gasteiger partial charge in [-0.05, 0) is 36.2 Å². The normalized spacial score (nSPS) is 24.8. The molecule has 0 aliphatic carbocycles. The number of aliphatic hydroxyl groups excluding tert-OH is 1. The Balaban J connectivity index is 1.55. The van der Waals surface area contributed by atoms with Crippen molar-refractivity contribution in [3.05, 3.63) is 47.1 Å². The van der Waals surface area contributed by atoms with Crippen LogP contribution in [-0.2, 0) is 18.4 Å². The number of alkyl halides is 1. The number of hydrogen-bond donors (Lipinski definition) is 5. The number of anilines is 1. The number of aliphatic hydroxyl groups is 1. The van der Waals surface area contributed by atoms with Gasteiger partial charge in [0, 0.05) is 6.04 Å². The Morgan fingerprint density at radius 2 is 1.92 bits per heavy atom. The van der Waals surface area contributed by atoms with Crippen LogP contribution in [0, 0.1) is 5.82 Å². The van der Waals surface area contributed by atoms with Crippen LogP contribution in [0.5, 0.6) is 0 Å². The Hall–Kier alpha value is -2.06. The van der Waals surface area contributed by atoms with E-state index in [4.69, 9.17) is 26.1 Å². The first-order valence-corrected chi connectivity index (χ1v) is 14.6. The van der Waals surface area contributed by atoms with Gasteiger partial charge in [0.15, 0.2) is 23.9 Å². The summed E-state index contributed by atoms with van der Waals surface area (Å²) in [5.41, 5.74) is 0.787. The Morgan fingerprint density at radius 1 is 1.24 bits per heavy atom. The minimum Gasteiger partial charge on any atom is -0.387 e. The highest BCUT2D eigenvalue weighted by molar-refractivity contribution is 7.70. The molecule has 1 fully saturated rings. The molecule has 37 heavy (non-hydrogen) atoms. The van der Waals surface area contributed by atoms with Gasteiger partial charge >= 0.3 is 15.2 Å². The molecule has 1 aromatic carbocycles. The fourth-order valence-corrected chi connectivity index (χ4v) is 6.47. The first-order chi connectivity index (χ1) is 17.2. The highest BCUT2D eigenvalue weighted by Crippen LogP contribution is 2.55. The number of nitrogens with one attached hydrogen (secondary N) is 1. The molecule has 18 heteroatoms. The van der Waals surface area contributed by atoms with Crippen LogP contribution in [0.2, 0.25) is 5.28 Å². The van der Waals surface area contributed by atoms with Gasteiger partial charge in [0.25, 0.3) is 0 Å². The van der Waals surface area contributed by atoms with Crippen molar-refractivity contribution >= 4 is 43.6 Å². The van der Waals surface area contributed by atoms with Crippen LogP contribution in [-0.4, -0.2) is 70.4 Å². The van der Waals surface area contributed by atoms with E-state index in [0.717, 1.165) is 10.2 Å². The SMILES string of the molecule is C[C@H](Nc1nc(Cl)nc2c1cnn2[C@@H]1O[C@H](COP(=O)(O)CP(=O)(O)O)[C@@H](O)[C@@H]1F)c1ccc(F)cc1. The van der Waals surface area contributed by atoms with Crippen molar-refractivity contribution in [2.45, 2.75) is 37.6 Å². The van der Waals surface area contributed by atoms with Crippen LogP contribution in [0.15, 0.2) is 30.5 Å². The van der Waals surface area contributed by atoms with E-state index in [-0.39, 0.29) is 22.8 Å². The number of fused-ring (bicyclic) bond motifs is 1. The molecule has 5 N–H and O–H groups in total. The number of aromatic nitrogens is 4. The lowest BCUT2D eigenvalue weighted by atomic mass is 10.1. The van der Waals surface area contributed by atoms with E-state index in [1.165, 1.54) is 18.3 Å². The standard InChI is InChI=1S/C19H22ClF2N5O8P2/c1-9(10-2-4-11(21)5-3-10)24-16-12-6-23-27(17(12)26-19(20)25-16)18-14(22)15(28)13(35-18)7-34-37(32,33)8-36(29,30)31/h2-6,9,13-15,18,28H,7-8H2,1H3,(H,32,33)(H,24,25,26)(H2,29,30,31)/t9-,13+,14-,15+,18+/m0/s1. The fraction of sp³-hybridized carbons (Fsp3) is 0.421. The molecular weight excluding hydrogens is 562 g/mol. The van der Waals surface area contributed by atoms with E-state index in [0.29, 0.717) is 5.39 Å². The van der Waals surface area contributed by atoms with Crippen molar-refractivity contribution in [1.82, 2.24) is 19.7 Å². The van der Waals surface area contributed by atoms with Crippen molar-refractivity contribution in [1.29, 1.82) is 0 Å². The van der Waals surface area contributed by atoms with Gasteiger partial charge in [0.1, 0.15) is 23.8 Å². The van der Waals surface area contributed by atoms with Crippen molar-refractivity contribution in [3.63, 3.8) is 0 Å². The van der Waals surface area contributed by atoms with Crippen LogP contribution < -0.4 is 5.32 Å². The highest BCUT2D eigenvalue weighted by atomic mass is 35.5. The lowest BCUT2D eigenvalue weighted by molar-refractivity contribution is -0.0472. The maximum atomic E-state index is 15.0. The first-order valence-electron chi connectivity index (χ1n) is 10.7. The zero-order valence-electron chi connectivity index (χ0n) is 18.9. The molecule has 3 heterocycles. The fourth-order valence-electron chi connectivity index (χ4n) is 3.74. The quantitative estimate of drug-likeness (QED) is 0.183. The average molecular weight is 584 g/mol. The molecule has 4 rings (SSSR count). The summed E-state index contributed by atoms with van der Waals surface area (Å²) >= 11 is 6.08. The summed E-state index contributed by atoms with van der Waals surface area (Å²) in [5.74, 6) is -1.60. The zero-order valence-corrected chi connectivity index (χ0v) is 21.5. The summed E-state index contributed by atoms with van der Waals surface area (Å²) in [5, 5.41) is 17.6. The number of hydrogen-bond acceptors (Lipinski definition) is 9. The van der Waals surface area contributed by atoms with Gasteiger partial charge in [-0.15, -0.1) is 0 Å². The van der Waals surface area contributed by atoms with E-state index >= 15 is 4.39 Å². The summed E-state index contributed by atoms with van der Waals surface area (Å²) in [7, 11) is -9.63. The van der Waals surface area contributed by atoms with Crippen LogP contribution in [0.3, 0.4) is 0 Å². The highest BCUT2D eigenvalue weighted by Gasteiger charge is 2.47. The molecule has 1 aliphatic heterocycles. The van der Waals surface area contributed by atoms with Gasteiger partial charge in [-0.3, -0.25) is 9.13 Å². The van der Waals surface area contributed by atoms with Crippen LogP contribution in [0.25, 0.3) is 11.0 Å². The molecule has 0 amide bonds. The first kappa shape index (κ1) is 28.0. The molecule has 2 aromatic heterocycles. The lowest BCUT2D eigenvalue weighted by Gasteiger charge is -2.18. The second-order valence-corrected chi connectivity index (χ2v) is 12.7. The van der Waals surface area contributed by atoms with Crippen LogP contribution in [0.4, 0.5) is 14.6 Å². The summed E-state index contributed by atoms with van der Waals surface area (Å²) in [6.07, 6.45) is -5.61. The second kappa shape index (κ2) is 10.6. The molecule has 0 saturated carbocycles. The number of rotatable bonds is 9. The van der Waals surface area contributed by atoms with Crippen LogP contribution >= 0.6 is 26.8 Å². The Morgan fingerprint density at radius 3 is 2.57 bits per heavy atom. The predicted molar refractivity (Wildman–Crippen MR) is 126 cm³/mol. The molecule has 6 atom stereocenters. The predicted octanol–water partition coefficient (Wildman–Crippen LogP) is 2.73. The van der Waals surface area contributed by atoms with E-state index in [9.17, 15) is 23.5 Å². The molecule has 0 spiro atoms. The topological polar surface area (TPSA) is 189 Å². The molecule has 0 bridgehead atoms. The largest absolute Gasteiger partial charge is 0.387 e. The minimum atomic E-state index is -4.88. The molecule has 202 valence electrons. The second-order valence-electron chi connectivity index (χ2n) is 8.32. The molecule has 1 unspecified atom stereocenters. The third-order valence-electron chi connectivity index (χ3n) is 5.49. The Bertz CT molecular complexity index is 1380. The van der Waals surface area contributed by atoms with Crippen molar-refractivity contribution in [3.8, 4) is 0 Å². The van der Waals surface area contributed by atoms with E-state index < -0.39 is 58.1 Å². The monoisotopic (exact) mass is 583 g/mol. The number of ether oxygens (including phenoxy) is 1. The number of benzene rings is 1. The summed E-state index contributed by atoms with van der Waals surface area (Å²) in [6, 6.07) is 5.44. The molecule has 0 radical (unpaired) electrons. The van der Waals surface area contributed by atoms with Crippen molar-refractivity contribution in [2.75, 3.05) is 17.8 Å². The van der Waals surface area contributed by atoms with E-state index in [2.05, 4.69) is 24.9 Å². The van der Waals surface area contributed by atoms with Gasteiger partial charge in [0.05, 0.1) is 18.2 Å². The number of halogens is 3. The van der Waals surface area contributed by atoms with Gasteiger partial charge in [-0.25, -0.2) is 13.5 Å². The van der Waals surface area contributed by atoms with E-state index in [1.807, 2.05) is 0 Å². The van der Waals surface area contributed by atoms with Crippen LogP contribution in [0.1, 0.15) is 24.8 Å². The smallest absolute Gasteiger partial charge is 0.340 e. The van der Waals surface area contributed by atoms with Gasteiger partial charge in [-0.2, -0.15) is 15.1 Å². The summed E-state index contributed by atoms with van der Waals surface area (Å²) in [6.45, 7) is 0.966. The molecule has 3 aromatic rings.